The summed E-state index contributed by atoms with van der Waals surface area (Å²) < 4.78 is 2.08. The van der Waals surface area contributed by atoms with Gasteiger partial charge < -0.3 is 10.3 Å². The van der Waals surface area contributed by atoms with E-state index in [1.165, 1.54) is 0 Å². The van der Waals surface area contributed by atoms with Gasteiger partial charge >= 0.3 is 0 Å². The fraction of sp³-hybridized carbons (Fsp3) is 0.0833. The predicted octanol–water partition coefficient (Wildman–Crippen LogP) is 2.89. The molecular weight excluding hydrogens is 304 g/mol. The molecule has 0 saturated heterocycles. The van der Waals surface area contributed by atoms with Crippen molar-refractivity contribution in [3.8, 4) is 0 Å². The Morgan fingerprint density at radius 3 is 2.76 bits per heavy atom. The molecule has 0 aliphatic heterocycles. The number of nitrogen functional groups attached to an aromatic ring is 1. The zero-order chi connectivity index (χ0) is 12.4. The molecule has 0 fully saturated rings. The lowest BCUT2D eigenvalue weighted by Crippen LogP contribution is -2.20. The normalized spacial score (nSPS) is 10.5. The highest BCUT2D eigenvalue weighted by molar-refractivity contribution is 9.10. The molecule has 17 heavy (non-hydrogen) atoms. The molecule has 0 amide bonds. The van der Waals surface area contributed by atoms with Crippen molar-refractivity contribution in [3.63, 3.8) is 0 Å². The molecule has 5 heteroatoms. The van der Waals surface area contributed by atoms with Crippen molar-refractivity contribution in [1.29, 1.82) is 0 Å². The van der Waals surface area contributed by atoms with Gasteiger partial charge in [-0.1, -0.05) is 17.7 Å². The molecule has 0 bridgehead atoms. The van der Waals surface area contributed by atoms with Gasteiger partial charge in [0.25, 0.3) is 5.56 Å². The molecule has 1 aromatic carbocycles. The number of anilines is 1. The fourth-order valence-corrected chi connectivity index (χ4v) is 2.17. The van der Waals surface area contributed by atoms with Crippen molar-refractivity contribution < 1.29 is 0 Å². The summed E-state index contributed by atoms with van der Waals surface area (Å²) in [5, 5.41) is 0.567. The maximum Gasteiger partial charge on any atom is 0.265 e. The molecule has 0 aliphatic rings. The third-order valence-electron chi connectivity index (χ3n) is 2.46. The van der Waals surface area contributed by atoms with Crippen molar-refractivity contribution in [1.82, 2.24) is 4.57 Å². The molecule has 0 unspecified atom stereocenters. The predicted molar refractivity (Wildman–Crippen MR) is 73.4 cm³/mol. The van der Waals surface area contributed by atoms with Crippen molar-refractivity contribution >= 4 is 33.2 Å². The maximum atomic E-state index is 11.8. The lowest BCUT2D eigenvalue weighted by atomic mass is 10.2. The largest absolute Gasteiger partial charge is 0.398 e. The summed E-state index contributed by atoms with van der Waals surface area (Å²) in [6.07, 6.45) is 1.70. The zero-order valence-electron chi connectivity index (χ0n) is 8.86. The van der Waals surface area contributed by atoms with E-state index in [9.17, 15) is 4.79 Å². The van der Waals surface area contributed by atoms with Gasteiger partial charge in [-0.15, -0.1) is 0 Å². The molecule has 0 spiro atoms. The van der Waals surface area contributed by atoms with E-state index >= 15 is 0 Å². The first kappa shape index (κ1) is 12.2. The molecule has 0 aliphatic carbocycles. The van der Waals surface area contributed by atoms with Crippen LogP contribution in [0.2, 0.25) is 5.02 Å². The lowest BCUT2D eigenvalue weighted by Gasteiger charge is -2.10. The summed E-state index contributed by atoms with van der Waals surface area (Å²) in [4.78, 5) is 11.8. The number of hydrogen-bond acceptors (Lipinski definition) is 2. The number of aromatic nitrogens is 1. The van der Waals surface area contributed by atoms with Gasteiger partial charge in [0, 0.05) is 22.5 Å². The molecule has 0 atom stereocenters. The van der Waals surface area contributed by atoms with Crippen LogP contribution in [0.5, 0.6) is 0 Å². The minimum absolute atomic E-state index is 0.105. The van der Waals surface area contributed by atoms with Crippen LogP contribution in [0.15, 0.2) is 45.8 Å². The Morgan fingerprint density at radius 1 is 1.29 bits per heavy atom. The average Bonchev–Trinajstić information content (AvgIpc) is 2.29. The van der Waals surface area contributed by atoms with Gasteiger partial charge in [-0.05, 0) is 40.2 Å². The highest BCUT2D eigenvalue weighted by Gasteiger charge is 2.07. The molecule has 88 valence electrons. The van der Waals surface area contributed by atoms with Gasteiger partial charge in [-0.2, -0.15) is 0 Å². The van der Waals surface area contributed by atoms with Crippen LogP contribution in [0, 0.1) is 0 Å². The van der Waals surface area contributed by atoms with Gasteiger partial charge in [-0.3, -0.25) is 4.79 Å². The Bertz CT molecular complexity index is 589. The van der Waals surface area contributed by atoms with E-state index in [1.54, 1.807) is 41.1 Å². The maximum absolute atomic E-state index is 11.8. The third kappa shape index (κ3) is 2.53. The number of nitrogens with zero attached hydrogens (tertiary/aromatic N) is 1. The highest BCUT2D eigenvalue weighted by Crippen LogP contribution is 2.22. The topological polar surface area (TPSA) is 48.0 Å². The van der Waals surface area contributed by atoms with Crippen LogP contribution in [-0.4, -0.2) is 4.57 Å². The Balaban J connectivity index is 2.45. The second kappa shape index (κ2) is 4.94. The number of benzene rings is 1. The number of halogens is 2. The first-order valence-corrected chi connectivity index (χ1v) is 6.14. The Labute approximate surface area is 112 Å². The minimum atomic E-state index is -0.105. The number of pyridine rings is 1. The zero-order valence-corrected chi connectivity index (χ0v) is 11.2. The average molecular weight is 314 g/mol. The van der Waals surface area contributed by atoms with Gasteiger partial charge in [0.1, 0.15) is 0 Å². The summed E-state index contributed by atoms with van der Waals surface area (Å²) in [6.45, 7) is 0.365. The monoisotopic (exact) mass is 312 g/mol. The summed E-state index contributed by atoms with van der Waals surface area (Å²) in [5.74, 6) is 0. The van der Waals surface area contributed by atoms with E-state index in [0.717, 1.165) is 5.56 Å². The molecule has 2 aromatic rings. The molecular formula is C12H10BrClN2O. The van der Waals surface area contributed by atoms with Crippen molar-refractivity contribution in [2.24, 2.45) is 0 Å². The molecule has 2 N–H and O–H groups in total. The summed E-state index contributed by atoms with van der Waals surface area (Å²) >= 11 is 9.26. The Hall–Kier alpha value is -1.26. The van der Waals surface area contributed by atoms with E-state index in [2.05, 4.69) is 15.9 Å². The highest BCUT2D eigenvalue weighted by atomic mass is 79.9. The summed E-state index contributed by atoms with van der Waals surface area (Å²) in [6, 6.07) is 8.80. The third-order valence-corrected chi connectivity index (χ3v) is 3.41. The SMILES string of the molecule is Nc1cccc(Cl)c1Cn1cccc(Br)c1=O. The number of hydrogen-bond donors (Lipinski definition) is 1. The minimum Gasteiger partial charge on any atom is -0.398 e. The molecule has 3 nitrogen and oxygen atoms in total. The van der Waals surface area contributed by atoms with Crippen LogP contribution in [-0.2, 0) is 6.54 Å². The Morgan fingerprint density at radius 2 is 2.06 bits per heavy atom. The van der Waals surface area contributed by atoms with E-state index in [1.807, 2.05) is 0 Å². The van der Waals surface area contributed by atoms with Crippen LogP contribution >= 0.6 is 27.5 Å². The van der Waals surface area contributed by atoms with Crippen LogP contribution in [0.1, 0.15) is 5.56 Å². The van der Waals surface area contributed by atoms with Crippen molar-refractivity contribution in [2.45, 2.75) is 6.54 Å². The van der Waals surface area contributed by atoms with Gasteiger partial charge in [0.05, 0.1) is 11.0 Å². The van der Waals surface area contributed by atoms with E-state index in [0.29, 0.717) is 21.7 Å². The first-order chi connectivity index (χ1) is 8.09. The molecule has 0 radical (unpaired) electrons. The van der Waals surface area contributed by atoms with Gasteiger partial charge in [0.2, 0.25) is 0 Å². The Kier molecular flexibility index (Phi) is 3.54. The van der Waals surface area contributed by atoms with E-state index in [4.69, 9.17) is 17.3 Å². The molecule has 2 rings (SSSR count). The smallest absolute Gasteiger partial charge is 0.265 e. The molecule has 0 saturated carbocycles. The van der Waals surface area contributed by atoms with Gasteiger partial charge in [-0.25, -0.2) is 0 Å². The van der Waals surface area contributed by atoms with Crippen LogP contribution in [0.25, 0.3) is 0 Å². The summed E-state index contributed by atoms with van der Waals surface area (Å²) in [7, 11) is 0. The number of rotatable bonds is 2. The van der Waals surface area contributed by atoms with Crippen LogP contribution < -0.4 is 11.3 Å². The van der Waals surface area contributed by atoms with E-state index in [-0.39, 0.29) is 5.56 Å². The lowest BCUT2D eigenvalue weighted by molar-refractivity contribution is 0.757. The van der Waals surface area contributed by atoms with Crippen LogP contribution in [0.3, 0.4) is 0 Å². The standard InChI is InChI=1S/C12H10BrClN2O/c13-9-3-2-6-16(12(9)17)7-8-10(14)4-1-5-11(8)15/h1-6H,7,15H2. The van der Waals surface area contributed by atoms with Gasteiger partial charge in [0.15, 0.2) is 0 Å². The second-order valence-corrected chi connectivity index (χ2v) is 4.86. The summed E-state index contributed by atoms with van der Waals surface area (Å²) in [5.41, 5.74) is 7.09. The van der Waals surface area contributed by atoms with Crippen LogP contribution in [0.4, 0.5) is 5.69 Å². The first-order valence-electron chi connectivity index (χ1n) is 4.97. The molecule has 1 heterocycles. The second-order valence-electron chi connectivity index (χ2n) is 3.60. The van der Waals surface area contributed by atoms with Crippen molar-refractivity contribution in [2.75, 3.05) is 5.73 Å². The van der Waals surface area contributed by atoms with Crippen molar-refractivity contribution in [3.05, 3.63) is 61.9 Å². The molecule has 1 aromatic heterocycles. The number of nitrogens with two attached hydrogens (primary N) is 1. The van der Waals surface area contributed by atoms with E-state index < -0.39 is 0 Å². The fourth-order valence-electron chi connectivity index (χ4n) is 1.54. The quantitative estimate of drug-likeness (QED) is 0.867.